The van der Waals surface area contributed by atoms with Gasteiger partial charge in [-0.05, 0) is 18.2 Å². The number of hydrogen-bond acceptors (Lipinski definition) is 4. The predicted molar refractivity (Wildman–Crippen MR) is 59.8 cm³/mol. The smallest absolute Gasteiger partial charge is 0.337 e. The SMILES string of the molecule is COC(=O)c1ccc(N)c(C#CCC=O)c1. The Kier molecular flexibility index (Phi) is 4.10. The fourth-order valence-electron chi connectivity index (χ4n) is 1.10. The van der Waals surface area contributed by atoms with Gasteiger partial charge in [-0.3, -0.25) is 0 Å². The van der Waals surface area contributed by atoms with Crippen LogP contribution in [0.2, 0.25) is 0 Å². The van der Waals surface area contributed by atoms with Gasteiger partial charge in [0, 0.05) is 11.3 Å². The molecule has 0 amide bonds. The Bertz CT molecular complexity index is 469. The number of aldehydes is 1. The molecule has 0 bridgehead atoms. The summed E-state index contributed by atoms with van der Waals surface area (Å²) in [5, 5.41) is 0. The largest absolute Gasteiger partial charge is 0.465 e. The molecule has 0 saturated heterocycles. The molecule has 1 aromatic rings. The molecular weight excluding hydrogens is 206 g/mol. The lowest BCUT2D eigenvalue weighted by molar-refractivity contribution is -0.107. The van der Waals surface area contributed by atoms with Crippen LogP contribution in [0.25, 0.3) is 0 Å². The van der Waals surface area contributed by atoms with E-state index in [-0.39, 0.29) is 6.42 Å². The van der Waals surface area contributed by atoms with Crippen LogP contribution in [0.4, 0.5) is 5.69 Å². The second kappa shape index (κ2) is 5.56. The van der Waals surface area contributed by atoms with Crippen LogP contribution in [0, 0.1) is 11.8 Å². The number of nitrogen functional groups attached to an aromatic ring is 1. The van der Waals surface area contributed by atoms with Crippen molar-refractivity contribution in [2.24, 2.45) is 0 Å². The molecule has 0 aliphatic heterocycles. The minimum atomic E-state index is -0.446. The van der Waals surface area contributed by atoms with E-state index in [1.807, 2.05) is 0 Å². The van der Waals surface area contributed by atoms with Crippen molar-refractivity contribution in [1.29, 1.82) is 0 Å². The first-order valence-corrected chi connectivity index (χ1v) is 4.59. The summed E-state index contributed by atoms with van der Waals surface area (Å²) in [6.45, 7) is 0. The predicted octanol–water partition coefficient (Wildman–Crippen LogP) is 0.996. The third kappa shape index (κ3) is 2.85. The highest BCUT2D eigenvalue weighted by Gasteiger charge is 2.06. The van der Waals surface area contributed by atoms with Gasteiger partial charge >= 0.3 is 5.97 Å². The lowest BCUT2D eigenvalue weighted by atomic mass is 10.1. The molecule has 4 nitrogen and oxygen atoms in total. The van der Waals surface area contributed by atoms with E-state index in [0.29, 0.717) is 23.1 Å². The molecule has 0 aliphatic rings. The fourth-order valence-corrected chi connectivity index (χ4v) is 1.10. The monoisotopic (exact) mass is 217 g/mol. The van der Waals surface area contributed by atoms with Gasteiger partial charge in [0.05, 0.1) is 19.1 Å². The fraction of sp³-hybridized carbons (Fsp3) is 0.167. The van der Waals surface area contributed by atoms with E-state index in [1.165, 1.54) is 7.11 Å². The van der Waals surface area contributed by atoms with Gasteiger partial charge in [-0.1, -0.05) is 11.8 Å². The average molecular weight is 217 g/mol. The normalized spacial score (nSPS) is 8.81. The molecule has 0 spiro atoms. The Hall–Kier alpha value is -2.28. The topological polar surface area (TPSA) is 69.4 Å². The van der Waals surface area contributed by atoms with Crippen molar-refractivity contribution < 1.29 is 14.3 Å². The maximum Gasteiger partial charge on any atom is 0.337 e. The molecule has 1 rings (SSSR count). The van der Waals surface area contributed by atoms with Gasteiger partial charge in [0.15, 0.2) is 0 Å². The molecule has 0 aromatic heterocycles. The van der Waals surface area contributed by atoms with E-state index in [4.69, 9.17) is 5.73 Å². The Morgan fingerprint density at radius 2 is 2.31 bits per heavy atom. The molecule has 0 unspecified atom stereocenters. The van der Waals surface area contributed by atoms with Gasteiger partial charge in [0.1, 0.15) is 6.29 Å². The quantitative estimate of drug-likeness (QED) is 0.347. The van der Waals surface area contributed by atoms with Crippen molar-refractivity contribution in [3.63, 3.8) is 0 Å². The van der Waals surface area contributed by atoms with Crippen LogP contribution in [-0.4, -0.2) is 19.4 Å². The Balaban J connectivity index is 3.05. The first kappa shape index (κ1) is 11.8. The summed E-state index contributed by atoms with van der Waals surface area (Å²) in [6.07, 6.45) is 0.843. The third-order valence-electron chi connectivity index (χ3n) is 1.88. The van der Waals surface area contributed by atoms with Crippen molar-refractivity contribution >= 4 is 17.9 Å². The first-order valence-electron chi connectivity index (χ1n) is 4.59. The number of hydrogen-bond donors (Lipinski definition) is 1. The molecule has 4 heteroatoms. The van der Waals surface area contributed by atoms with E-state index in [9.17, 15) is 9.59 Å². The Labute approximate surface area is 93.4 Å². The van der Waals surface area contributed by atoms with Gasteiger partial charge in [0.2, 0.25) is 0 Å². The average Bonchev–Trinajstić information content (AvgIpc) is 2.31. The van der Waals surface area contributed by atoms with Crippen molar-refractivity contribution in [2.45, 2.75) is 6.42 Å². The van der Waals surface area contributed by atoms with Gasteiger partial charge in [-0.25, -0.2) is 4.79 Å². The molecule has 0 saturated carbocycles. The first-order chi connectivity index (χ1) is 7.69. The number of carbonyl (C=O) groups is 2. The zero-order valence-corrected chi connectivity index (χ0v) is 8.82. The summed E-state index contributed by atoms with van der Waals surface area (Å²) in [6, 6.07) is 4.68. The van der Waals surface area contributed by atoms with Crippen LogP contribution in [0.15, 0.2) is 18.2 Å². The highest BCUT2D eigenvalue weighted by atomic mass is 16.5. The van der Waals surface area contributed by atoms with Crippen LogP contribution < -0.4 is 5.73 Å². The van der Waals surface area contributed by atoms with Crippen LogP contribution in [-0.2, 0) is 9.53 Å². The van der Waals surface area contributed by atoms with Gasteiger partial charge in [-0.2, -0.15) is 0 Å². The van der Waals surface area contributed by atoms with E-state index >= 15 is 0 Å². The molecule has 0 fully saturated rings. The second-order valence-electron chi connectivity index (χ2n) is 2.97. The molecule has 1 aromatic carbocycles. The van der Waals surface area contributed by atoms with Crippen LogP contribution >= 0.6 is 0 Å². The summed E-state index contributed by atoms with van der Waals surface area (Å²) in [5.74, 6) is 4.90. The maximum absolute atomic E-state index is 11.2. The molecule has 2 N–H and O–H groups in total. The molecule has 82 valence electrons. The summed E-state index contributed by atoms with van der Waals surface area (Å²) >= 11 is 0. The number of ether oxygens (including phenoxy) is 1. The standard InChI is InChI=1S/C12H11NO3/c1-16-12(15)10-5-6-11(13)9(8-10)4-2-3-7-14/h5-8H,3,13H2,1H3. The minimum Gasteiger partial charge on any atom is -0.465 e. The van der Waals surface area contributed by atoms with E-state index in [0.717, 1.165) is 0 Å². The van der Waals surface area contributed by atoms with E-state index in [2.05, 4.69) is 16.6 Å². The lowest BCUT2D eigenvalue weighted by Crippen LogP contribution is -2.02. The summed E-state index contributed by atoms with van der Waals surface area (Å²) < 4.78 is 4.57. The summed E-state index contributed by atoms with van der Waals surface area (Å²) in [5.41, 5.74) is 7.03. The number of carbonyl (C=O) groups excluding carboxylic acids is 2. The highest BCUT2D eigenvalue weighted by Crippen LogP contribution is 2.13. The number of rotatable bonds is 2. The van der Waals surface area contributed by atoms with Crippen molar-refractivity contribution in [2.75, 3.05) is 12.8 Å². The molecule has 0 radical (unpaired) electrons. The third-order valence-corrected chi connectivity index (χ3v) is 1.88. The number of esters is 1. The number of anilines is 1. The number of nitrogens with two attached hydrogens (primary N) is 1. The summed E-state index contributed by atoms with van der Waals surface area (Å²) in [7, 11) is 1.30. The van der Waals surface area contributed by atoms with Gasteiger partial charge in [-0.15, -0.1) is 0 Å². The van der Waals surface area contributed by atoms with Gasteiger partial charge < -0.3 is 15.3 Å². The van der Waals surface area contributed by atoms with Gasteiger partial charge in [0.25, 0.3) is 0 Å². The van der Waals surface area contributed by atoms with Crippen molar-refractivity contribution in [3.8, 4) is 11.8 Å². The Morgan fingerprint density at radius 3 is 2.94 bits per heavy atom. The van der Waals surface area contributed by atoms with Crippen LogP contribution in [0.5, 0.6) is 0 Å². The zero-order chi connectivity index (χ0) is 12.0. The zero-order valence-electron chi connectivity index (χ0n) is 8.82. The van der Waals surface area contributed by atoms with Crippen LogP contribution in [0.1, 0.15) is 22.3 Å². The highest BCUT2D eigenvalue weighted by molar-refractivity contribution is 5.90. The van der Waals surface area contributed by atoms with Crippen molar-refractivity contribution in [1.82, 2.24) is 0 Å². The summed E-state index contributed by atoms with van der Waals surface area (Å²) in [4.78, 5) is 21.3. The Morgan fingerprint density at radius 1 is 1.56 bits per heavy atom. The minimum absolute atomic E-state index is 0.141. The molecular formula is C12H11NO3. The maximum atomic E-state index is 11.2. The molecule has 0 aliphatic carbocycles. The number of benzene rings is 1. The van der Waals surface area contributed by atoms with E-state index in [1.54, 1.807) is 18.2 Å². The van der Waals surface area contributed by atoms with E-state index < -0.39 is 5.97 Å². The van der Waals surface area contributed by atoms with Crippen molar-refractivity contribution in [3.05, 3.63) is 29.3 Å². The molecule has 0 heterocycles. The molecule has 16 heavy (non-hydrogen) atoms. The van der Waals surface area contributed by atoms with Crippen LogP contribution in [0.3, 0.4) is 0 Å². The molecule has 0 atom stereocenters. The lowest BCUT2D eigenvalue weighted by Gasteiger charge is -2.02. The second-order valence-corrected chi connectivity index (χ2v) is 2.97. The number of methoxy groups -OCH3 is 1.